The quantitative estimate of drug-likeness (QED) is 0.669. The molecule has 0 saturated carbocycles. The van der Waals surface area contributed by atoms with E-state index >= 15 is 0 Å². The molecule has 0 fully saturated rings. The maximum Gasteiger partial charge on any atom is 0.242 e. The van der Waals surface area contributed by atoms with Crippen LogP contribution in [0.1, 0.15) is 12.6 Å². The van der Waals surface area contributed by atoms with Gasteiger partial charge in [-0.25, -0.2) is 4.98 Å². The van der Waals surface area contributed by atoms with Crippen molar-refractivity contribution in [2.45, 2.75) is 24.1 Å². The van der Waals surface area contributed by atoms with Crippen LogP contribution in [0.25, 0.3) is 0 Å². The Balaban J connectivity index is 2.67. The summed E-state index contributed by atoms with van der Waals surface area (Å²) in [5, 5.41) is 3.09. The molecule has 94 valence electrons. The average molecular weight is 274 g/mol. The molecule has 2 amide bonds. The minimum atomic E-state index is -0.582. The van der Waals surface area contributed by atoms with Crippen molar-refractivity contribution in [3.8, 4) is 0 Å². The molecular weight excluding hydrogens is 260 g/mol. The number of thiazole rings is 1. The molecular formula is C9H14N4O2S2. The number of rotatable bonds is 5. The van der Waals surface area contributed by atoms with Crippen LogP contribution in [0.5, 0.6) is 0 Å². The third-order valence-corrected chi connectivity index (χ3v) is 4.20. The van der Waals surface area contributed by atoms with E-state index in [1.54, 1.807) is 13.8 Å². The van der Waals surface area contributed by atoms with Crippen LogP contribution < -0.4 is 16.8 Å². The number of hydrogen-bond acceptors (Lipinski definition) is 6. The SMILES string of the molecule is Cc1nc(NC(=O)C(C)N)sc1SCC(N)=O. The number of carbonyl (C=O) groups excluding carboxylic acids is 2. The first-order valence-corrected chi connectivity index (χ1v) is 6.65. The molecule has 5 N–H and O–H groups in total. The van der Waals surface area contributed by atoms with E-state index in [9.17, 15) is 9.59 Å². The van der Waals surface area contributed by atoms with Crippen molar-refractivity contribution in [1.29, 1.82) is 0 Å². The van der Waals surface area contributed by atoms with Crippen LogP contribution in [0.4, 0.5) is 5.13 Å². The third kappa shape index (κ3) is 4.33. The van der Waals surface area contributed by atoms with Gasteiger partial charge in [0.05, 0.1) is 21.7 Å². The molecule has 0 radical (unpaired) electrons. The molecule has 0 aliphatic carbocycles. The molecule has 6 nitrogen and oxygen atoms in total. The van der Waals surface area contributed by atoms with E-state index in [1.807, 2.05) is 0 Å². The third-order valence-electron chi connectivity index (χ3n) is 1.74. The van der Waals surface area contributed by atoms with Gasteiger partial charge in [-0.1, -0.05) is 11.3 Å². The molecule has 0 bridgehead atoms. The van der Waals surface area contributed by atoms with Crippen molar-refractivity contribution in [2.24, 2.45) is 11.5 Å². The fourth-order valence-electron chi connectivity index (χ4n) is 0.926. The van der Waals surface area contributed by atoms with Gasteiger partial charge in [-0.2, -0.15) is 0 Å². The summed E-state index contributed by atoms with van der Waals surface area (Å²) in [4.78, 5) is 26.2. The summed E-state index contributed by atoms with van der Waals surface area (Å²) < 4.78 is 0.865. The number of primary amides is 1. The fraction of sp³-hybridized carbons (Fsp3) is 0.444. The van der Waals surface area contributed by atoms with E-state index in [1.165, 1.54) is 23.1 Å². The predicted octanol–water partition coefficient (Wildman–Crippen LogP) is 0.315. The van der Waals surface area contributed by atoms with Crippen molar-refractivity contribution in [3.63, 3.8) is 0 Å². The number of thioether (sulfide) groups is 1. The van der Waals surface area contributed by atoms with Crippen molar-refractivity contribution in [3.05, 3.63) is 5.69 Å². The van der Waals surface area contributed by atoms with Gasteiger partial charge < -0.3 is 16.8 Å². The van der Waals surface area contributed by atoms with E-state index in [0.29, 0.717) is 5.13 Å². The maximum absolute atomic E-state index is 11.3. The standard InChI is InChI=1S/C9H14N4O2S2/c1-4(10)7(15)13-9-12-5(2)8(17-9)16-3-6(11)14/h4H,3,10H2,1-2H3,(H2,11,14)(H,12,13,15). The Hall–Kier alpha value is -1.12. The first-order chi connectivity index (χ1) is 7.90. The summed E-state index contributed by atoms with van der Waals surface area (Å²) in [5.41, 5.74) is 11.2. The van der Waals surface area contributed by atoms with E-state index in [-0.39, 0.29) is 17.6 Å². The van der Waals surface area contributed by atoms with Gasteiger partial charge in [-0.05, 0) is 13.8 Å². The Morgan fingerprint density at radius 1 is 1.59 bits per heavy atom. The Morgan fingerprint density at radius 2 is 2.24 bits per heavy atom. The Morgan fingerprint density at radius 3 is 2.76 bits per heavy atom. The van der Waals surface area contributed by atoms with Crippen molar-refractivity contribution in [2.75, 3.05) is 11.1 Å². The van der Waals surface area contributed by atoms with Crippen molar-refractivity contribution in [1.82, 2.24) is 4.98 Å². The highest BCUT2D eigenvalue weighted by atomic mass is 32.2. The Kier molecular flexibility index (Phi) is 4.91. The lowest BCUT2D eigenvalue weighted by molar-refractivity contribution is -0.117. The maximum atomic E-state index is 11.3. The highest BCUT2D eigenvalue weighted by Crippen LogP contribution is 2.31. The Labute approximate surface area is 107 Å². The summed E-state index contributed by atoms with van der Waals surface area (Å²) in [7, 11) is 0. The zero-order chi connectivity index (χ0) is 13.0. The first kappa shape index (κ1) is 13.9. The van der Waals surface area contributed by atoms with E-state index in [2.05, 4.69) is 10.3 Å². The number of hydrogen-bond donors (Lipinski definition) is 3. The minimum absolute atomic E-state index is 0.198. The van der Waals surface area contributed by atoms with Crippen molar-refractivity contribution < 1.29 is 9.59 Å². The molecule has 8 heteroatoms. The topological polar surface area (TPSA) is 111 Å². The van der Waals surface area contributed by atoms with Crippen molar-refractivity contribution >= 4 is 40.0 Å². The summed E-state index contributed by atoms with van der Waals surface area (Å²) in [6.07, 6.45) is 0. The summed E-state index contributed by atoms with van der Waals surface area (Å²) in [5.74, 6) is -0.474. The smallest absolute Gasteiger partial charge is 0.242 e. The van der Waals surface area contributed by atoms with Crippen LogP contribution in [-0.2, 0) is 9.59 Å². The molecule has 1 heterocycles. The Bertz CT molecular complexity index is 431. The second-order valence-corrected chi connectivity index (χ2v) is 5.67. The van der Waals surface area contributed by atoms with Crippen LogP contribution in [0.15, 0.2) is 4.21 Å². The lowest BCUT2D eigenvalue weighted by Gasteiger charge is -2.03. The number of anilines is 1. The zero-order valence-electron chi connectivity index (χ0n) is 9.52. The molecule has 1 aromatic heterocycles. The van der Waals surface area contributed by atoms with E-state index < -0.39 is 6.04 Å². The lowest BCUT2D eigenvalue weighted by Crippen LogP contribution is -2.32. The molecule has 1 aromatic rings. The molecule has 0 aromatic carbocycles. The molecule has 1 rings (SSSR count). The molecule has 0 saturated heterocycles. The van der Waals surface area contributed by atoms with E-state index in [4.69, 9.17) is 11.5 Å². The van der Waals surface area contributed by atoms with E-state index in [0.717, 1.165) is 9.90 Å². The number of aromatic nitrogens is 1. The number of aryl methyl sites for hydroxylation is 1. The van der Waals surface area contributed by atoms with Crippen LogP contribution in [-0.4, -0.2) is 28.6 Å². The normalized spacial score (nSPS) is 12.2. The number of nitrogens with zero attached hydrogens (tertiary/aromatic N) is 1. The van der Waals surface area contributed by atoms with Gasteiger partial charge in [0.25, 0.3) is 0 Å². The first-order valence-electron chi connectivity index (χ1n) is 4.85. The molecule has 0 aliphatic heterocycles. The average Bonchev–Trinajstić information content (AvgIpc) is 2.55. The fourth-order valence-corrected chi connectivity index (χ4v) is 2.81. The van der Waals surface area contributed by atoms with Gasteiger partial charge in [-0.15, -0.1) is 11.8 Å². The summed E-state index contributed by atoms with van der Waals surface area (Å²) in [6.45, 7) is 3.40. The van der Waals surface area contributed by atoms with Crippen LogP contribution in [0.2, 0.25) is 0 Å². The van der Waals surface area contributed by atoms with Gasteiger partial charge in [0, 0.05) is 0 Å². The minimum Gasteiger partial charge on any atom is -0.369 e. The lowest BCUT2D eigenvalue weighted by atomic mass is 10.3. The van der Waals surface area contributed by atoms with Crippen LogP contribution in [0, 0.1) is 6.92 Å². The number of amides is 2. The second-order valence-electron chi connectivity index (χ2n) is 3.42. The zero-order valence-corrected chi connectivity index (χ0v) is 11.2. The van der Waals surface area contributed by atoms with Gasteiger partial charge in [0.1, 0.15) is 0 Å². The number of nitrogens with two attached hydrogens (primary N) is 2. The molecule has 0 spiro atoms. The molecule has 1 unspecified atom stereocenters. The predicted molar refractivity (Wildman–Crippen MR) is 69.0 cm³/mol. The largest absolute Gasteiger partial charge is 0.369 e. The van der Waals surface area contributed by atoms with Gasteiger partial charge in [-0.3, -0.25) is 9.59 Å². The van der Waals surface area contributed by atoms with Gasteiger partial charge >= 0.3 is 0 Å². The van der Waals surface area contributed by atoms with Gasteiger partial charge in [0.15, 0.2) is 5.13 Å². The number of carbonyl (C=O) groups is 2. The highest BCUT2D eigenvalue weighted by molar-refractivity contribution is 8.01. The number of nitrogens with one attached hydrogen (secondary N) is 1. The summed E-state index contributed by atoms with van der Waals surface area (Å²) in [6, 6.07) is -0.582. The second kappa shape index (κ2) is 5.99. The van der Waals surface area contributed by atoms with Gasteiger partial charge in [0.2, 0.25) is 11.8 Å². The summed E-state index contributed by atoms with van der Waals surface area (Å²) >= 11 is 2.61. The molecule has 17 heavy (non-hydrogen) atoms. The van der Waals surface area contributed by atoms with Crippen LogP contribution in [0.3, 0.4) is 0 Å². The monoisotopic (exact) mass is 274 g/mol. The molecule has 1 atom stereocenters. The molecule has 0 aliphatic rings. The highest BCUT2D eigenvalue weighted by Gasteiger charge is 2.13. The van der Waals surface area contributed by atoms with Crippen LogP contribution >= 0.6 is 23.1 Å².